The van der Waals surface area contributed by atoms with Gasteiger partial charge < -0.3 is 84.4 Å². The minimum absolute atomic E-state index is 0.0137. The Kier molecular flexibility index (Phi) is 31.0. The van der Waals surface area contributed by atoms with E-state index in [1.165, 1.54) is 0 Å². The third kappa shape index (κ3) is 28.2. The highest BCUT2D eigenvalue weighted by Gasteiger charge is 2.32. The molecule has 87 heavy (non-hydrogen) atoms. The molecule has 30 nitrogen and oxygen atoms in total. The third-order valence-corrected chi connectivity index (χ3v) is 13.2. The molecule has 3 aromatic rings. The van der Waals surface area contributed by atoms with Gasteiger partial charge in [0.05, 0.1) is 13.0 Å². The van der Waals surface area contributed by atoms with E-state index in [0.29, 0.717) is 11.1 Å². The molecule has 9 atom stereocenters. The highest BCUT2D eigenvalue weighted by molar-refractivity contribution is 7.80. The average molecular weight is 1240 g/mol. The van der Waals surface area contributed by atoms with Crippen molar-refractivity contribution >= 4 is 95.8 Å². The molecule has 3 rings (SSSR count). The molecule has 0 aliphatic heterocycles. The van der Waals surface area contributed by atoms with Crippen LogP contribution in [0.4, 0.5) is 4.79 Å². The number of hydrogen-bond acceptors (Lipinski definition) is 16. The van der Waals surface area contributed by atoms with Gasteiger partial charge in [-0.25, -0.2) is 19.2 Å². The number of amides is 10. The molecular formula is C56H73N11O19S. The van der Waals surface area contributed by atoms with Gasteiger partial charge in [-0.3, -0.25) is 47.9 Å². The number of carbonyl (C=O) groups excluding carboxylic acids is 9. The van der Waals surface area contributed by atoms with E-state index < -0.39 is 183 Å². The Bertz CT molecular complexity index is 2870. The second-order valence-corrected chi connectivity index (χ2v) is 20.3. The lowest BCUT2D eigenvalue weighted by Crippen LogP contribution is -2.58. The average Bonchev–Trinajstić information content (AvgIpc) is 3.66. The number of carboxylic acid groups (broad SMARTS) is 5. The molecule has 31 heteroatoms. The summed E-state index contributed by atoms with van der Waals surface area (Å²) in [5, 5.41) is 70.3. The van der Waals surface area contributed by atoms with E-state index in [9.17, 15) is 87.5 Å². The number of aliphatic carboxylic acids is 5. The first kappa shape index (κ1) is 71.6. The van der Waals surface area contributed by atoms with Crippen molar-refractivity contribution in [2.75, 3.05) is 18.8 Å². The number of aryl methyl sites for hydroxylation is 1. The van der Waals surface area contributed by atoms with Crippen molar-refractivity contribution in [2.45, 2.75) is 132 Å². The fraction of sp³-hybridized carbons (Fsp3) is 0.429. The molecule has 10 amide bonds. The maximum Gasteiger partial charge on any atom is 0.327 e. The van der Waals surface area contributed by atoms with Gasteiger partial charge in [-0.1, -0.05) is 91.0 Å². The predicted octanol–water partition coefficient (Wildman–Crippen LogP) is -2.29. The molecule has 3 aromatic carbocycles. The highest BCUT2D eigenvalue weighted by atomic mass is 32.1. The summed E-state index contributed by atoms with van der Waals surface area (Å²) < 4.78 is 0. The Morgan fingerprint density at radius 2 is 0.874 bits per heavy atom. The minimum Gasteiger partial charge on any atom is -0.481 e. The van der Waals surface area contributed by atoms with Gasteiger partial charge in [0.1, 0.15) is 48.3 Å². The Balaban J connectivity index is 1.65. The van der Waals surface area contributed by atoms with Crippen molar-refractivity contribution in [1.82, 2.24) is 53.2 Å². The Morgan fingerprint density at radius 3 is 1.37 bits per heavy atom. The molecule has 0 radical (unpaired) electrons. The zero-order valence-electron chi connectivity index (χ0n) is 47.2. The smallest absolute Gasteiger partial charge is 0.327 e. The second-order valence-electron chi connectivity index (χ2n) is 19.9. The Hall–Kier alpha value is -9.65. The second kappa shape index (κ2) is 37.6. The van der Waals surface area contributed by atoms with Crippen LogP contribution in [0.5, 0.6) is 0 Å². The third-order valence-electron chi connectivity index (χ3n) is 12.9. The molecule has 0 heterocycles. The zero-order chi connectivity index (χ0) is 64.6. The molecule has 0 aromatic heterocycles. The largest absolute Gasteiger partial charge is 0.481 e. The van der Waals surface area contributed by atoms with Gasteiger partial charge in [-0.15, -0.1) is 0 Å². The first-order valence-corrected chi connectivity index (χ1v) is 27.9. The molecule has 472 valence electrons. The van der Waals surface area contributed by atoms with Crippen LogP contribution in [0.25, 0.3) is 0 Å². The van der Waals surface area contributed by atoms with E-state index in [1.807, 2.05) is 10.6 Å². The number of urea groups is 1. The Morgan fingerprint density at radius 1 is 0.425 bits per heavy atom. The monoisotopic (exact) mass is 1240 g/mol. The number of hydrogen-bond donors (Lipinski definition) is 17. The van der Waals surface area contributed by atoms with Gasteiger partial charge in [0, 0.05) is 50.4 Å². The van der Waals surface area contributed by atoms with Crippen LogP contribution in [0, 0.1) is 0 Å². The SMILES string of the molecule is C[C@@H](CCC(=O)NCC(=O)N[C@@H](Cc1ccccc1)C(=O)N[C@@H](CCc1ccccc1)C(=O)NC[C@H](N)C(=O)N[C@@H](CC(=O)O)C(=O)N[C@@H](CS)C(=O)O)NC(=O)C(Cc1ccccc1)NC(=O)CC[C@H](NC(=O)N[C@@H](CCC(=O)O)C(=O)O)C(=O)O. The summed E-state index contributed by atoms with van der Waals surface area (Å²) in [5.41, 5.74) is 8.04. The van der Waals surface area contributed by atoms with Crippen LogP contribution >= 0.6 is 12.6 Å². The summed E-state index contributed by atoms with van der Waals surface area (Å²) in [7, 11) is 0. The minimum atomic E-state index is -1.77. The lowest BCUT2D eigenvalue weighted by atomic mass is 10.0. The van der Waals surface area contributed by atoms with E-state index in [-0.39, 0.29) is 44.3 Å². The standard InChI is InChI=1S/C56H73N11O19S/c1-31(60-50(77)39(25-33-13-7-3-8-14-33)61-44(69)23-20-37(53(80)81)66-56(86)67-38(54(82)83)21-24-46(71)72)17-22-43(68)58-29-45(70)62-40(26-34-15-9-4-10-16-34)51(78)63-36(19-18-32-11-5-2-6-12-32)49(76)59-28-35(57)48(75)64-41(27-47(73)74)52(79)65-42(30-87)55(84)85/h2-16,31,35-42,87H,17-30,57H2,1H3,(H,58,68)(H,59,76)(H,60,77)(H,61,69)(H,62,70)(H,63,78)(H,64,75)(H,65,79)(H,71,72)(H,73,74)(H,80,81)(H,82,83)(H,84,85)(H2,66,67,86)/t31-,35-,36-,37-,38-,39?,40-,41-,42-/m0/s1. The van der Waals surface area contributed by atoms with Gasteiger partial charge >= 0.3 is 35.9 Å². The summed E-state index contributed by atoms with van der Waals surface area (Å²) in [6, 6.07) is 11.8. The van der Waals surface area contributed by atoms with Crippen molar-refractivity contribution in [3.63, 3.8) is 0 Å². The number of rotatable bonds is 39. The van der Waals surface area contributed by atoms with E-state index in [1.54, 1.807) is 97.9 Å². The number of nitrogens with two attached hydrogens (primary N) is 1. The van der Waals surface area contributed by atoms with Crippen LogP contribution in [0.2, 0.25) is 0 Å². The van der Waals surface area contributed by atoms with Crippen LogP contribution in [0.3, 0.4) is 0 Å². The maximum absolute atomic E-state index is 14.1. The predicted molar refractivity (Wildman–Crippen MR) is 310 cm³/mol. The van der Waals surface area contributed by atoms with Crippen LogP contribution in [-0.2, 0) is 81.6 Å². The highest BCUT2D eigenvalue weighted by Crippen LogP contribution is 2.11. The first-order valence-electron chi connectivity index (χ1n) is 27.3. The van der Waals surface area contributed by atoms with Crippen LogP contribution in [0.1, 0.15) is 75.0 Å². The van der Waals surface area contributed by atoms with E-state index in [4.69, 9.17) is 10.8 Å². The van der Waals surface area contributed by atoms with Crippen molar-refractivity contribution in [3.05, 3.63) is 108 Å². The summed E-state index contributed by atoms with van der Waals surface area (Å²) in [4.78, 5) is 177. The maximum atomic E-state index is 14.1. The number of carboxylic acids is 5. The molecule has 0 saturated heterocycles. The van der Waals surface area contributed by atoms with E-state index in [0.717, 1.165) is 5.56 Å². The van der Waals surface area contributed by atoms with E-state index in [2.05, 4.69) is 55.2 Å². The Labute approximate surface area is 504 Å². The van der Waals surface area contributed by atoms with Gasteiger partial charge in [0.15, 0.2) is 0 Å². The van der Waals surface area contributed by atoms with Crippen LogP contribution < -0.4 is 58.9 Å². The van der Waals surface area contributed by atoms with Crippen LogP contribution in [0.15, 0.2) is 91.0 Å². The fourth-order valence-corrected chi connectivity index (χ4v) is 8.37. The molecule has 1 unspecified atom stereocenters. The lowest BCUT2D eigenvalue weighted by Gasteiger charge is -2.24. The van der Waals surface area contributed by atoms with Crippen LogP contribution in [-0.4, -0.2) is 182 Å². The number of nitrogens with one attached hydrogen (secondary N) is 10. The van der Waals surface area contributed by atoms with Crippen molar-refractivity contribution in [1.29, 1.82) is 0 Å². The summed E-state index contributed by atoms with van der Waals surface area (Å²) >= 11 is 3.85. The van der Waals surface area contributed by atoms with Crippen molar-refractivity contribution < 1.29 is 92.7 Å². The molecular weight excluding hydrogens is 1160 g/mol. The first-order chi connectivity index (χ1) is 41.2. The van der Waals surface area contributed by atoms with Gasteiger partial charge in [-0.2, -0.15) is 12.6 Å². The molecule has 17 N–H and O–H groups in total. The van der Waals surface area contributed by atoms with Crippen molar-refractivity contribution in [3.8, 4) is 0 Å². The number of thiol groups is 1. The fourth-order valence-electron chi connectivity index (χ4n) is 8.12. The van der Waals surface area contributed by atoms with Gasteiger partial charge in [-0.05, 0) is 55.7 Å². The summed E-state index contributed by atoms with van der Waals surface area (Å²) in [6.07, 6.45) is -3.19. The summed E-state index contributed by atoms with van der Waals surface area (Å²) in [5.74, 6) is -14.6. The molecule has 0 bridgehead atoms. The molecule has 0 aliphatic rings. The van der Waals surface area contributed by atoms with E-state index >= 15 is 0 Å². The quantitative estimate of drug-likeness (QED) is 0.0267. The molecule has 0 aliphatic carbocycles. The zero-order valence-corrected chi connectivity index (χ0v) is 48.1. The molecule has 0 spiro atoms. The number of carbonyl (C=O) groups is 14. The molecule has 0 fully saturated rings. The molecule has 0 saturated carbocycles. The topological polar surface area (TPSA) is 486 Å². The van der Waals surface area contributed by atoms with Gasteiger partial charge in [0.2, 0.25) is 47.3 Å². The lowest BCUT2D eigenvalue weighted by molar-refractivity contribution is -0.143. The normalized spacial score (nSPS) is 13.9. The summed E-state index contributed by atoms with van der Waals surface area (Å²) in [6.45, 7) is 0.361. The van der Waals surface area contributed by atoms with Crippen molar-refractivity contribution in [2.24, 2.45) is 5.73 Å². The van der Waals surface area contributed by atoms with Gasteiger partial charge in [0.25, 0.3) is 0 Å². The number of benzene rings is 3.